The molecule has 0 amide bonds. The van der Waals surface area contributed by atoms with E-state index in [1.165, 1.54) is 12.8 Å². The van der Waals surface area contributed by atoms with Gasteiger partial charge in [0.1, 0.15) is 5.69 Å². The van der Waals surface area contributed by atoms with Crippen molar-refractivity contribution in [3.05, 3.63) is 16.4 Å². The number of aromatic nitrogens is 2. The van der Waals surface area contributed by atoms with Gasteiger partial charge in [-0.25, -0.2) is 0 Å². The first-order valence-electron chi connectivity index (χ1n) is 5.46. The number of methoxy groups -OCH3 is 1. The summed E-state index contributed by atoms with van der Waals surface area (Å²) in [4.78, 5) is 12.0. The summed E-state index contributed by atoms with van der Waals surface area (Å²) >= 11 is 3.38. The lowest BCUT2D eigenvalue weighted by Gasteiger charge is -2.06. The van der Waals surface area contributed by atoms with Crippen LogP contribution in [0.3, 0.4) is 0 Å². The molecule has 5 heteroatoms. The number of hydrogen-bond acceptors (Lipinski definition) is 3. The van der Waals surface area contributed by atoms with Crippen LogP contribution in [0.2, 0.25) is 0 Å². The minimum atomic E-state index is 0.183. The molecule has 1 aromatic heterocycles. The molecule has 0 N–H and O–H groups in total. The minimum absolute atomic E-state index is 0.183. The molecule has 88 valence electrons. The van der Waals surface area contributed by atoms with E-state index in [2.05, 4.69) is 21.0 Å². The molecular formula is C11H15BrN2O2. The number of carbonyl (C=O) groups excluding carboxylic acids is 1. The highest BCUT2D eigenvalue weighted by molar-refractivity contribution is 9.10. The van der Waals surface area contributed by atoms with Gasteiger partial charge in [0.15, 0.2) is 5.78 Å². The average molecular weight is 287 g/mol. The van der Waals surface area contributed by atoms with Crippen molar-refractivity contribution in [2.45, 2.75) is 25.8 Å². The van der Waals surface area contributed by atoms with E-state index in [4.69, 9.17) is 4.74 Å². The highest BCUT2D eigenvalue weighted by Gasteiger charge is 2.27. The van der Waals surface area contributed by atoms with E-state index in [0.717, 1.165) is 4.47 Å². The zero-order valence-electron chi connectivity index (χ0n) is 9.28. The molecule has 0 unspecified atom stereocenters. The fourth-order valence-electron chi connectivity index (χ4n) is 1.67. The number of carbonyl (C=O) groups is 1. The summed E-state index contributed by atoms with van der Waals surface area (Å²) in [5.41, 5.74) is 0.684. The highest BCUT2D eigenvalue weighted by Crippen LogP contribution is 2.34. The summed E-state index contributed by atoms with van der Waals surface area (Å²) in [5, 5.41) is 4.17. The molecule has 16 heavy (non-hydrogen) atoms. The third-order valence-electron chi connectivity index (χ3n) is 2.74. The lowest BCUT2D eigenvalue weighted by Crippen LogP contribution is -2.14. The maximum atomic E-state index is 12.0. The zero-order valence-corrected chi connectivity index (χ0v) is 10.9. The van der Waals surface area contributed by atoms with Crippen LogP contribution in [-0.2, 0) is 11.3 Å². The van der Waals surface area contributed by atoms with Gasteiger partial charge in [-0.2, -0.15) is 5.10 Å². The Morgan fingerprint density at radius 2 is 2.44 bits per heavy atom. The third kappa shape index (κ3) is 2.71. The molecule has 1 aromatic rings. The SMILES string of the molecule is COCCn1ncc(Br)c1C(=O)CC1CC1. The van der Waals surface area contributed by atoms with Gasteiger partial charge in [0, 0.05) is 13.5 Å². The average Bonchev–Trinajstić information content (AvgIpc) is 2.98. The number of hydrogen-bond donors (Lipinski definition) is 0. The zero-order chi connectivity index (χ0) is 11.5. The predicted molar refractivity (Wildman–Crippen MR) is 63.5 cm³/mol. The first-order valence-corrected chi connectivity index (χ1v) is 6.25. The van der Waals surface area contributed by atoms with Gasteiger partial charge < -0.3 is 4.74 Å². The van der Waals surface area contributed by atoms with Gasteiger partial charge in [-0.05, 0) is 34.7 Å². The Hall–Kier alpha value is -0.680. The number of halogens is 1. The molecule has 0 radical (unpaired) electrons. The van der Waals surface area contributed by atoms with Crippen molar-refractivity contribution in [3.63, 3.8) is 0 Å². The van der Waals surface area contributed by atoms with Crippen LogP contribution in [0.15, 0.2) is 10.7 Å². The molecule has 1 aliphatic rings. The molecule has 1 aliphatic carbocycles. The quantitative estimate of drug-likeness (QED) is 0.754. The summed E-state index contributed by atoms with van der Waals surface area (Å²) in [6.07, 6.45) is 4.71. The van der Waals surface area contributed by atoms with Gasteiger partial charge in [-0.15, -0.1) is 0 Å². The van der Waals surface area contributed by atoms with Gasteiger partial charge in [-0.3, -0.25) is 9.48 Å². The van der Waals surface area contributed by atoms with Gasteiger partial charge in [0.25, 0.3) is 0 Å². The van der Waals surface area contributed by atoms with Crippen LogP contribution < -0.4 is 0 Å². The summed E-state index contributed by atoms with van der Waals surface area (Å²) < 4.78 is 7.50. The van der Waals surface area contributed by atoms with E-state index in [1.54, 1.807) is 18.0 Å². The number of rotatable bonds is 6. The Morgan fingerprint density at radius 1 is 1.69 bits per heavy atom. The Morgan fingerprint density at radius 3 is 3.06 bits per heavy atom. The first-order chi connectivity index (χ1) is 7.72. The molecular weight excluding hydrogens is 272 g/mol. The van der Waals surface area contributed by atoms with Crippen LogP contribution in [0.1, 0.15) is 29.8 Å². The fourth-order valence-corrected chi connectivity index (χ4v) is 2.19. The van der Waals surface area contributed by atoms with Gasteiger partial charge in [0.2, 0.25) is 0 Å². The molecule has 0 saturated heterocycles. The van der Waals surface area contributed by atoms with Crippen LogP contribution in [0.5, 0.6) is 0 Å². The standard InChI is InChI=1S/C11H15BrN2O2/c1-16-5-4-14-11(9(12)7-13-14)10(15)6-8-2-3-8/h7-8H,2-6H2,1H3. The molecule has 0 bridgehead atoms. The van der Waals surface area contributed by atoms with Crippen molar-refractivity contribution in [2.75, 3.05) is 13.7 Å². The van der Waals surface area contributed by atoms with E-state index in [-0.39, 0.29) is 5.78 Å². The smallest absolute Gasteiger partial charge is 0.182 e. The normalized spacial score (nSPS) is 15.4. The van der Waals surface area contributed by atoms with Gasteiger partial charge in [0.05, 0.1) is 23.8 Å². The molecule has 4 nitrogen and oxygen atoms in total. The molecule has 0 aliphatic heterocycles. The van der Waals surface area contributed by atoms with Crippen LogP contribution >= 0.6 is 15.9 Å². The second-order valence-corrected chi connectivity index (χ2v) is 4.98. The van der Waals surface area contributed by atoms with Crippen molar-refractivity contribution < 1.29 is 9.53 Å². The van der Waals surface area contributed by atoms with Gasteiger partial charge in [-0.1, -0.05) is 0 Å². The Bertz CT molecular complexity index is 385. The van der Waals surface area contributed by atoms with Crippen molar-refractivity contribution in [2.24, 2.45) is 5.92 Å². The number of nitrogens with zero attached hydrogens (tertiary/aromatic N) is 2. The summed E-state index contributed by atoms with van der Waals surface area (Å²) in [5.74, 6) is 0.785. The summed E-state index contributed by atoms with van der Waals surface area (Å²) in [6, 6.07) is 0. The maximum Gasteiger partial charge on any atom is 0.182 e. The molecule has 0 atom stereocenters. The van der Waals surface area contributed by atoms with Crippen LogP contribution in [0.4, 0.5) is 0 Å². The van der Waals surface area contributed by atoms with Crippen molar-refractivity contribution in [1.82, 2.24) is 9.78 Å². The van der Waals surface area contributed by atoms with Crippen molar-refractivity contribution in [1.29, 1.82) is 0 Å². The second-order valence-electron chi connectivity index (χ2n) is 4.13. The van der Waals surface area contributed by atoms with Crippen LogP contribution in [0, 0.1) is 5.92 Å². The molecule has 0 spiro atoms. The highest BCUT2D eigenvalue weighted by atomic mass is 79.9. The largest absolute Gasteiger partial charge is 0.383 e. The predicted octanol–water partition coefficient (Wildman–Crippen LogP) is 2.27. The molecule has 0 aromatic carbocycles. The van der Waals surface area contributed by atoms with Gasteiger partial charge >= 0.3 is 0 Å². The molecule has 1 saturated carbocycles. The van der Waals surface area contributed by atoms with Crippen LogP contribution in [0.25, 0.3) is 0 Å². The fraction of sp³-hybridized carbons (Fsp3) is 0.636. The number of ether oxygens (including phenoxy) is 1. The monoisotopic (exact) mass is 286 g/mol. The Balaban J connectivity index is 2.09. The summed E-state index contributed by atoms with van der Waals surface area (Å²) in [6.45, 7) is 1.19. The van der Waals surface area contributed by atoms with E-state index in [1.807, 2.05) is 0 Å². The lowest BCUT2D eigenvalue weighted by atomic mass is 10.1. The van der Waals surface area contributed by atoms with E-state index < -0.39 is 0 Å². The van der Waals surface area contributed by atoms with E-state index in [0.29, 0.717) is 31.2 Å². The van der Waals surface area contributed by atoms with Crippen LogP contribution in [-0.4, -0.2) is 29.3 Å². The third-order valence-corrected chi connectivity index (χ3v) is 3.32. The molecule has 1 heterocycles. The Labute approximate surface area is 103 Å². The van der Waals surface area contributed by atoms with Crippen molar-refractivity contribution in [3.8, 4) is 0 Å². The lowest BCUT2D eigenvalue weighted by molar-refractivity contribution is 0.0961. The molecule has 2 rings (SSSR count). The topological polar surface area (TPSA) is 44.1 Å². The summed E-state index contributed by atoms with van der Waals surface area (Å²) in [7, 11) is 1.64. The van der Waals surface area contributed by atoms with Crippen molar-refractivity contribution >= 4 is 21.7 Å². The molecule has 1 fully saturated rings. The Kier molecular flexibility index (Phi) is 3.76. The van der Waals surface area contributed by atoms with E-state index >= 15 is 0 Å². The van der Waals surface area contributed by atoms with E-state index in [9.17, 15) is 4.79 Å². The number of ketones is 1. The second kappa shape index (κ2) is 5.10. The number of Topliss-reactive ketones (excluding diaryl/α,β-unsaturated/α-hetero) is 1. The first kappa shape index (κ1) is 11.8. The minimum Gasteiger partial charge on any atom is -0.383 e. The maximum absolute atomic E-state index is 12.0.